The van der Waals surface area contributed by atoms with Crippen molar-refractivity contribution in [3.8, 4) is 0 Å². The van der Waals surface area contributed by atoms with Crippen LogP contribution in [0.15, 0.2) is 0 Å². The minimum atomic E-state index is -0.500. The van der Waals surface area contributed by atoms with Crippen molar-refractivity contribution in [3.05, 3.63) is 0 Å². The molecular formula is C17H69O14+3. The van der Waals surface area contributed by atoms with Gasteiger partial charge in [0.1, 0.15) is 0 Å². The van der Waals surface area contributed by atoms with Crippen molar-refractivity contribution in [3.63, 3.8) is 0 Å². The zero-order valence-electron chi connectivity index (χ0n) is 14.9. The second-order valence-electron chi connectivity index (χ2n) is 0.487. The fourth-order valence-electron chi connectivity index (χ4n) is 0. The molecular weight excluding hydrogens is 428 g/mol. The Morgan fingerprint density at radius 3 is 0.581 bits per heavy atom. The van der Waals surface area contributed by atoms with Gasteiger partial charge in [0.05, 0.1) is 0 Å². The number of carboxylic acid groups (broad SMARTS) is 4. The molecule has 0 saturated heterocycles. The van der Waals surface area contributed by atoms with E-state index in [0.717, 1.165) is 7.11 Å². The van der Waals surface area contributed by atoms with Crippen LogP contribution >= 0.6 is 0 Å². The predicted octanol–water partition coefficient (Wildman–Crippen LogP) is 0.736. The normalized spacial score (nSPS) is 2.00. The van der Waals surface area contributed by atoms with Gasteiger partial charge in [0, 0.05) is 22.9 Å². The number of aliphatic hydroxyl groups excluding tert-OH is 1. The van der Waals surface area contributed by atoms with Gasteiger partial charge < -0.3 is 51.6 Å². The van der Waals surface area contributed by atoms with Crippen molar-refractivity contribution in [2.75, 3.05) is 7.11 Å². The van der Waals surface area contributed by atoms with Gasteiger partial charge in [-0.05, 0) is 0 Å². The Labute approximate surface area is 202 Å². The quantitative estimate of drug-likeness (QED) is 0.391. The van der Waals surface area contributed by atoms with Gasteiger partial charge in [-0.1, -0.05) is 81.7 Å². The van der Waals surface area contributed by atoms with Crippen molar-refractivity contribution in [2.45, 2.75) is 81.7 Å². The van der Waals surface area contributed by atoms with E-state index in [2.05, 4.69) is 0 Å². The summed E-state index contributed by atoms with van der Waals surface area (Å²) < 4.78 is 0. The van der Waals surface area contributed by atoms with Crippen LogP contribution in [0.4, 0.5) is 0 Å². The van der Waals surface area contributed by atoms with E-state index in [0.29, 0.717) is 0 Å². The van der Waals surface area contributed by atoms with E-state index in [-0.39, 0.29) is 127 Å². The molecule has 0 radical (unpaired) electrons. The molecule has 0 aromatic heterocycles. The molecule has 0 fully saturated rings. The fourth-order valence-corrected chi connectivity index (χ4v) is 0. The lowest BCUT2D eigenvalue weighted by Crippen LogP contribution is -2.01. The van der Waals surface area contributed by atoms with E-state index in [1.807, 2.05) is 0 Å². The van der Waals surface area contributed by atoms with Crippen LogP contribution < -0.4 is 10.2 Å². The Hall–Kier alpha value is -2.90. The van der Waals surface area contributed by atoms with Gasteiger partial charge in [0.25, 0.3) is 12.9 Å². The third-order valence-corrected chi connectivity index (χ3v) is 0. The number of aliphatic hydroxyl groups is 1. The second-order valence-corrected chi connectivity index (χ2v) is 0.487. The van der Waals surface area contributed by atoms with Gasteiger partial charge in [-0.25, -0.2) is 0 Å². The number of carbonyl (C=O) groups excluding carboxylic acids is 4. The number of hydrogen-bond acceptors (Lipinski definition) is 9. The first-order valence-corrected chi connectivity index (χ1v) is 2.79. The summed E-state index contributed by atoms with van der Waals surface area (Å²) in [6, 6.07) is 0. The maximum absolute atomic E-state index is 8.36. The third-order valence-electron chi connectivity index (χ3n) is 0. The summed E-state index contributed by atoms with van der Waals surface area (Å²) in [4.78, 5) is 49.5. The average Bonchev–Trinajstić information content (AvgIpc) is 2.25. The summed E-state index contributed by atoms with van der Waals surface area (Å²) in [5.41, 5.74) is 0. The van der Waals surface area contributed by atoms with Crippen LogP contribution in [0.25, 0.3) is 0 Å². The van der Waals surface area contributed by atoms with Crippen molar-refractivity contribution in [2.24, 2.45) is 0 Å². The highest BCUT2D eigenvalue weighted by molar-refractivity contribution is 5.33. The van der Waals surface area contributed by atoms with Crippen molar-refractivity contribution in [1.82, 2.24) is 0 Å². The number of carbonyl (C=O) groups is 4. The highest BCUT2D eigenvalue weighted by Gasteiger charge is 1.22. The summed E-state index contributed by atoms with van der Waals surface area (Å²) in [5.74, 6) is 0. The smallest absolute Gasteiger partial charge is 0.554 e. The Morgan fingerprint density at radius 2 is 0.581 bits per heavy atom. The predicted molar refractivity (Wildman–Crippen MR) is 137 cm³/mol. The number of hydrogen-bond donors (Lipinski definition) is 3. The minimum Gasteiger partial charge on any atom is -0.554 e. The molecule has 0 unspecified atom stereocenters. The van der Waals surface area contributed by atoms with E-state index in [1.165, 1.54) is 0 Å². The standard InChI is InChI=1S/4CH2O2.CO2.CH4O.11CH4.3H2O.2H2/c5*2-1-3;1-2;;;;;;;;;;;;;;;;/h4*1H,(H,2,3);;2H,1H3;11*1H4;3*1H2;2*1H/p+3. The molecule has 14 nitrogen and oxygen atoms in total. The first kappa shape index (κ1) is 315. The van der Waals surface area contributed by atoms with Gasteiger partial charge in [-0.15, -0.1) is 0 Å². The van der Waals surface area contributed by atoms with Gasteiger partial charge in [-0.3, -0.25) is 9.59 Å². The van der Waals surface area contributed by atoms with Gasteiger partial charge >= 0.3 is 13.3 Å². The molecule has 0 bridgehead atoms. The van der Waals surface area contributed by atoms with E-state index < -0.39 is 12.9 Å². The number of rotatable bonds is 0. The minimum absolute atomic E-state index is 0. The van der Waals surface area contributed by atoms with E-state index in [9.17, 15) is 0 Å². The first-order chi connectivity index (χ1) is 8.07. The molecule has 0 saturated carbocycles. The van der Waals surface area contributed by atoms with Crippen LogP contribution in [-0.4, -0.2) is 70.9 Å². The molecule has 0 rings (SSSR count). The summed E-state index contributed by atoms with van der Waals surface area (Å²) in [6.45, 7) is -1.50. The monoisotopic (exact) mass is 497 g/mol. The molecule has 0 aliphatic rings. The van der Waals surface area contributed by atoms with Gasteiger partial charge in [0.15, 0.2) is 0 Å². The largest absolute Gasteiger partial charge is 1.00 e. The molecule has 218 valence electrons. The van der Waals surface area contributed by atoms with Crippen LogP contribution in [0.3, 0.4) is 0 Å². The zero-order valence-corrected chi connectivity index (χ0v) is 9.92. The highest BCUT2D eigenvalue weighted by atomic mass is 16.4. The maximum atomic E-state index is 8.36. The Balaban J connectivity index is -0.00000000138. The average molecular weight is 498 g/mol. The zero-order chi connectivity index (χ0) is 15.5. The van der Waals surface area contributed by atoms with E-state index in [1.54, 1.807) is 0 Å². The first-order valence-electron chi connectivity index (χ1n) is 2.79. The van der Waals surface area contributed by atoms with Gasteiger partial charge in [-0.2, -0.15) is 9.59 Å². The van der Waals surface area contributed by atoms with Crippen molar-refractivity contribution in [1.29, 1.82) is 0 Å². The summed E-state index contributed by atoms with van der Waals surface area (Å²) >= 11 is 0. The van der Waals surface area contributed by atoms with E-state index in [4.69, 9.17) is 54.3 Å². The molecule has 0 spiro atoms. The van der Waals surface area contributed by atoms with E-state index >= 15 is 0 Å². The molecule has 0 amide bonds. The summed E-state index contributed by atoms with van der Waals surface area (Å²) in [6.07, 6.45) is 0.250. The van der Waals surface area contributed by atoms with Crippen LogP contribution in [0.5, 0.6) is 0 Å². The summed E-state index contributed by atoms with van der Waals surface area (Å²) in [5, 5.41) is 37.3. The Kier molecular flexibility index (Phi) is 42500. The molecule has 0 aromatic carbocycles. The molecule has 0 aliphatic heterocycles. The fraction of sp³-hybridized carbons (Fsp3) is 0.706. The molecule has 0 aliphatic carbocycles. The van der Waals surface area contributed by atoms with Crippen molar-refractivity contribution >= 4 is 32.0 Å². The Morgan fingerprint density at radius 1 is 0.581 bits per heavy atom. The maximum Gasteiger partial charge on any atom is 1.00 e. The molecule has 14 heteroatoms. The van der Waals surface area contributed by atoms with Gasteiger partial charge in [0.2, 0.25) is 0 Å². The van der Waals surface area contributed by atoms with Crippen LogP contribution in [0.1, 0.15) is 91.7 Å². The van der Waals surface area contributed by atoms with Crippen LogP contribution in [0, 0.1) is 0 Å². The van der Waals surface area contributed by atoms with Crippen LogP contribution in [-0.2, 0) is 28.8 Å². The molecule has 0 atom stereocenters. The SMILES string of the molecule is C.C.C.C.C.C.C.C.C.C.C.CO.O.O.O.O=C=O.O=CO.O=CO.O=C[O-].O=C[O-].[H+].[H+].[H+].[H+].[H+].[HH].[HH]. The second kappa shape index (κ2) is 4190. The highest BCUT2D eigenvalue weighted by Crippen LogP contribution is 0.969. The lowest BCUT2D eigenvalue weighted by atomic mass is 11.7. The third kappa shape index (κ3) is 2030. The lowest BCUT2D eigenvalue weighted by Gasteiger charge is -1.52. The molecule has 0 aromatic rings. The molecule has 9 N–H and O–H groups in total. The molecule has 0 heterocycles. The van der Waals surface area contributed by atoms with Crippen LogP contribution in [0.2, 0.25) is 0 Å². The molecule has 31 heavy (non-hydrogen) atoms. The van der Waals surface area contributed by atoms with Crippen molar-refractivity contribution < 1.29 is 80.7 Å². The Bertz CT molecular complexity index is 165. The topological polar surface area (TPSA) is 304 Å². The lowest BCUT2D eigenvalue weighted by molar-refractivity contribution is -0.284. The summed E-state index contributed by atoms with van der Waals surface area (Å²) in [7, 11) is 1.00.